The van der Waals surface area contributed by atoms with E-state index in [-0.39, 0.29) is 0 Å². The Balaban J connectivity index is 2.01. The van der Waals surface area contributed by atoms with Gasteiger partial charge in [-0.05, 0) is 42.5 Å². The molecule has 0 aliphatic carbocycles. The summed E-state index contributed by atoms with van der Waals surface area (Å²) in [6, 6.07) is 8.63. The summed E-state index contributed by atoms with van der Waals surface area (Å²) in [5, 5.41) is 6.60. The van der Waals surface area contributed by atoms with E-state index in [9.17, 15) is 0 Å². The van der Waals surface area contributed by atoms with E-state index in [1.165, 1.54) is 0 Å². The van der Waals surface area contributed by atoms with E-state index in [0.717, 1.165) is 0 Å². The van der Waals surface area contributed by atoms with Gasteiger partial charge in [-0.3, -0.25) is 0 Å². The van der Waals surface area contributed by atoms with Crippen molar-refractivity contribution in [2.75, 3.05) is 0 Å². The Bertz CT molecular complexity index is 792. The molecule has 0 saturated heterocycles. The third-order valence-electron chi connectivity index (χ3n) is 2.53. The van der Waals surface area contributed by atoms with Gasteiger partial charge < -0.3 is 8.94 Å². The van der Waals surface area contributed by atoms with Gasteiger partial charge in [-0.25, -0.2) is 0 Å². The highest BCUT2D eigenvalue weighted by molar-refractivity contribution is 7.78. The predicted molar refractivity (Wildman–Crippen MR) is 77.1 cm³/mol. The molecule has 3 aromatic rings. The standard InChI is InChI=1S/C13H6ClN3O2S/c14-9-4-3-8(6-10(9)15-7-20)13-16-12(17-19-13)11-2-1-5-18-11/h1-6H. The quantitative estimate of drug-likeness (QED) is 0.530. The molecule has 0 aliphatic heterocycles. The Morgan fingerprint density at radius 1 is 1.30 bits per heavy atom. The first-order valence-corrected chi connectivity index (χ1v) is 6.32. The minimum absolute atomic E-state index is 0.342. The van der Waals surface area contributed by atoms with Crippen LogP contribution in [-0.4, -0.2) is 15.3 Å². The Hall–Kier alpha value is -2.27. The maximum Gasteiger partial charge on any atom is 0.258 e. The second-order valence-electron chi connectivity index (χ2n) is 3.77. The summed E-state index contributed by atoms with van der Waals surface area (Å²) in [6.07, 6.45) is 1.54. The van der Waals surface area contributed by atoms with Gasteiger partial charge in [-0.15, -0.1) is 0 Å². The molecule has 98 valence electrons. The van der Waals surface area contributed by atoms with Gasteiger partial charge >= 0.3 is 0 Å². The number of isothiocyanates is 1. The van der Waals surface area contributed by atoms with Gasteiger partial charge in [0.25, 0.3) is 5.89 Å². The molecule has 0 saturated carbocycles. The van der Waals surface area contributed by atoms with Crippen LogP contribution < -0.4 is 0 Å². The molecule has 5 nitrogen and oxygen atoms in total. The van der Waals surface area contributed by atoms with Gasteiger partial charge in [0.2, 0.25) is 5.82 Å². The fourth-order valence-corrected chi connectivity index (χ4v) is 1.89. The maximum atomic E-state index is 5.99. The highest BCUT2D eigenvalue weighted by Crippen LogP contribution is 2.30. The summed E-state index contributed by atoms with van der Waals surface area (Å²) >= 11 is 10.6. The van der Waals surface area contributed by atoms with Crippen molar-refractivity contribution in [2.45, 2.75) is 0 Å². The average Bonchev–Trinajstić information content (AvgIpc) is 3.11. The maximum absolute atomic E-state index is 5.99. The number of thiocarbonyl (C=S) groups is 1. The molecule has 7 heteroatoms. The molecule has 2 heterocycles. The SMILES string of the molecule is S=C=Nc1cc(-c2nc(-c3ccco3)no2)ccc1Cl. The number of benzene rings is 1. The summed E-state index contributed by atoms with van der Waals surface area (Å²) < 4.78 is 10.4. The summed E-state index contributed by atoms with van der Waals surface area (Å²) in [5.74, 6) is 1.25. The molecular weight excluding hydrogens is 298 g/mol. The lowest BCUT2D eigenvalue weighted by molar-refractivity contribution is 0.429. The van der Waals surface area contributed by atoms with Crippen molar-refractivity contribution in [1.29, 1.82) is 0 Å². The van der Waals surface area contributed by atoms with Crippen molar-refractivity contribution >= 4 is 34.7 Å². The van der Waals surface area contributed by atoms with Gasteiger partial charge in [0.15, 0.2) is 5.76 Å². The third kappa shape index (κ3) is 2.40. The van der Waals surface area contributed by atoms with E-state index >= 15 is 0 Å². The molecule has 0 N–H and O–H groups in total. The van der Waals surface area contributed by atoms with Crippen molar-refractivity contribution in [3.8, 4) is 23.0 Å². The zero-order valence-corrected chi connectivity index (χ0v) is 11.5. The van der Waals surface area contributed by atoms with Crippen molar-refractivity contribution in [2.24, 2.45) is 4.99 Å². The monoisotopic (exact) mass is 303 g/mol. The lowest BCUT2D eigenvalue weighted by Crippen LogP contribution is -1.79. The van der Waals surface area contributed by atoms with Gasteiger partial charge in [0, 0.05) is 5.56 Å². The van der Waals surface area contributed by atoms with Crippen LogP contribution in [0.2, 0.25) is 5.02 Å². The molecule has 0 radical (unpaired) electrons. The number of nitrogens with zero attached hydrogens (tertiary/aromatic N) is 3. The Morgan fingerprint density at radius 2 is 2.20 bits per heavy atom. The van der Waals surface area contributed by atoms with Crippen LogP contribution in [0.25, 0.3) is 23.0 Å². The molecule has 0 spiro atoms. The summed E-state index contributed by atoms with van der Waals surface area (Å²) in [6.45, 7) is 0. The van der Waals surface area contributed by atoms with Crippen molar-refractivity contribution in [1.82, 2.24) is 10.1 Å². The lowest BCUT2D eigenvalue weighted by atomic mass is 10.2. The summed E-state index contributed by atoms with van der Waals surface area (Å²) in [5.41, 5.74) is 1.18. The van der Waals surface area contributed by atoms with E-state index in [4.69, 9.17) is 20.5 Å². The van der Waals surface area contributed by atoms with E-state index in [0.29, 0.717) is 33.7 Å². The van der Waals surface area contributed by atoms with Crippen LogP contribution in [0.4, 0.5) is 5.69 Å². The molecule has 0 unspecified atom stereocenters. The number of aliphatic imine (C=N–C) groups is 1. The number of halogens is 1. The molecule has 20 heavy (non-hydrogen) atoms. The first-order valence-electron chi connectivity index (χ1n) is 5.53. The van der Waals surface area contributed by atoms with Crippen LogP contribution >= 0.6 is 23.8 Å². The van der Waals surface area contributed by atoms with E-state index < -0.39 is 0 Å². The zero-order valence-electron chi connectivity index (χ0n) is 9.91. The smallest absolute Gasteiger partial charge is 0.258 e. The minimum atomic E-state index is 0.342. The van der Waals surface area contributed by atoms with E-state index in [1.54, 1.807) is 36.6 Å². The van der Waals surface area contributed by atoms with Crippen LogP contribution in [0.3, 0.4) is 0 Å². The molecule has 3 rings (SSSR count). The molecule has 1 aromatic carbocycles. The highest BCUT2D eigenvalue weighted by Gasteiger charge is 2.13. The molecule has 0 fully saturated rings. The average molecular weight is 304 g/mol. The normalized spacial score (nSPS) is 10.2. The number of rotatable bonds is 3. The number of aromatic nitrogens is 2. The highest BCUT2D eigenvalue weighted by atomic mass is 35.5. The van der Waals surface area contributed by atoms with Crippen LogP contribution in [0.15, 0.2) is 50.5 Å². The second-order valence-corrected chi connectivity index (χ2v) is 4.36. The lowest BCUT2D eigenvalue weighted by Gasteiger charge is -1.98. The van der Waals surface area contributed by atoms with Crippen molar-refractivity contribution < 1.29 is 8.94 Å². The molecule has 0 aliphatic rings. The van der Waals surface area contributed by atoms with Crippen LogP contribution in [0.5, 0.6) is 0 Å². The third-order valence-corrected chi connectivity index (χ3v) is 2.94. The van der Waals surface area contributed by atoms with Gasteiger partial charge in [-0.1, -0.05) is 16.8 Å². The number of hydrogen-bond acceptors (Lipinski definition) is 6. The second kappa shape index (κ2) is 5.38. The molecule has 0 amide bonds. The number of furan rings is 1. The summed E-state index contributed by atoms with van der Waals surface area (Å²) in [7, 11) is 0. The Labute approximate surface area is 123 Å². The fraction of sp³-hybridized carbons (Fsp3) is 0. The molecule has 0 bridgehead atoms. The topological polar surface area (TPSA) is 64.4 Å². The number of hydrogen-bond donors (Lipinski definition) is 0. The van der Waals surface area contributed by atoms with E-state index in [1.807, 2.05) is 0 Å². The molecule has 0 atom stereocenters. The first-order chi connectivity index (χ1) is 9.78. The van der Waals surface area contributed by atoms with Gasteiger partial charge in [0.1, 0.15) is 0 Å². The fourth-order valence-electron chi connectivity index (χ4n) is 1.63. The largest absolute Gasteiger partial charge is 0.461 e. The van der Waals surface area contributed by atoms with Crippen LogP contribution in [0, 0.1) is 0 Å². The van der Waals surface area contributed by atoms with Crippen LogP contribution in [-0.2, 0) is 0 Å². The van der Waals surface area contributed by atoms with E-state index in [2.05, 4.69) is 32.5 Å². The van der Waals surface area contributed by atoms with Gasteiger partial charge in [-0.2, -0.15) is 9.98 Å². The zero-order chi connectivity index (χ0) is 13.9. The minimum Gasteiger partial charge on any atom is -0.461 e. The van der Waals surface area contributed by atoms with Crippen molar-refractivity contribution in [3.63, 3.8) is 0 Å². The predicted octanol–water partition coefficient (Wildman–Crippen LogP) is 4.38. The Morgan fingerprint density at radius 3 is 2.95 bits per heavy atom. The van der Waals surface area contributed by atoms with Gasteiger partial charge in [0.05, 0.1) is 22.1 Å². The summed E-state index contributed by atoms with van der Waals surface area (Å²) in [4.78, 5) is 8.12. The van der Waals surface area contributed by atoms with Crippen LogP contribution in [0.1, 0.15) is 0 Å². The Kier molecular flexibility index (Phi) is 3.43. The van der Waals surface area contributed by atoms with Crippen molar-refractivity contribution in [3.05, 3.63) is 41.6 Å². The first kappa shape index (κ1) is 12.7. The molecule has 2 aromatic heterocycles. The molecular formula is C13H6ClN3O2S.